The van der Waals surface area contributed by atoms with E-state index in [0.717, 1.165) is 23.1 Å². The zero-order valence-corrected chi connectivity index (χ0v) is 15.9. The molecule has 1 amide bonds. The van der Waals surface area contributed by atoms with Gasteiger partial charge in [0.25, 0.3) is 0 Å². The molecule has 0 radical (unpaired) electrons. The van der Waals surface area contributed by atoms with E-state index in [2.05, 4.69) is 10.6 Å². The fourth-order valence-electron chi connectivity index (χ4n) is 2.91. The lowest BCUT2D eigenvalue weighted by Gasteiger charge is -2.34. The molecule has 0 aliphatic carbocycles. The molecule has 0 spiro atoms. The summed E-state index contributed by atoms with van der Waals surface area (Å²) in [5.74, 6) is 0.331. The molecule has 0 unspecified atom stereocenters. The number of methoxy groups -OCH3 is 1. The minimum Gasteiger partial charge on any atom is -0.496 e. The third-order valence-electron chi connectivity index (χ3n) is 4.46. The van der Waals surface area contributed by atoms with Crippen molar-refractivity contribution in [1.29, 1.82) is 0 Å². The standard InChI is InChI=1S/C16H24N2O4S.ClH/c1-12-4-5-13(10-14(12)22-2)11-18-15(19)16(23(3,20)21)6-8-17-9-7-16;/h4-5,10,17H,6-9,11H2,1-3H3,(H,18,19);1H. The summed E-state index contributed by atoms with van der Waals surface area (Å²) >= 11 is 0. The molecule has 1 aliphatic heterocycles. The van der Waals surface area contributed by atoms with E-state index in [1.165, 1.54) is 0 Å². The van der Waals surface area contributed by atoms with E-state index in [1.54, 1.807) is 7.11 Å². The highest BCUT2D eigenvalue weighted by Gasteiger charge is 2.48. The molecule has 1 aliphatic rings. The van der Waals surface area contributed by atoms with Crippen LogP contribution in [-0.2, 0) is 21.2 Å². The van der Waals surface area contributed by atoms with Crippen molar-refractivity contribution in [3.63, 3.8) is 0 Å². The topological polar surface area (TPSA) is 84.5 Å². The number of sulfone groups is 1. The summed E-state index contributed by atoms with van der Waals surface area (Å²) in [7, 11) is -1.89. The van der Waals surface area contributed by atoms with E-state index in [1.807, 2.05) is 25.1 Å². The van der Waals surface area contributed by atoms with Gasteiger partial charge >= 0.3 is 0 Å². The van der Waals surface area contributed by atoms with Gasteiger partial charge in [-0.2, -0.15) is 0 Å². The fraction of sp³-hybridized carbons (Fsp3) is 0.562. The molecule has 1 aromatic rings. The maximum atomic E-state index is 12.6. The summed E-state index contributed by atoms with van der Waals surface area (Å²) < 4.78 is 28.3. The van der Waals surface area contributed by atoms with Gasteiger partial charge < -0.3 is 15.4 Å². The van der Waals surface area contributed by atoms with Crippen molar-refractivity contribution in [3.8, 4) is 5.75 Å². The zero-order valence-electron chi connectivity index (χ0n) is 14.2. The van der Waals surface area contributed by atoms with Crippen LogP contribution in [0.25, 0.3) is 0 Å². The second-order valence-corrected chi connectivity index (χ2v) is 8.33. The van der Waals surface area contributed by atoms with E-state index in [4.69, 9.17) is 4.74 Å². The van der Waals surface area contributed by atoms with Crippen molar-refractivity contribution < 1.29 is 17.9 Å². The Morgan fingerprint density at radius 2 is 1.96 bits per heavy atom. The summed E-state index contributed by atoms with van der Waals surface area (Å²) in [6.07, 6.45) is 1.75. The number of hydrogen-bond donors (Lipinski definition) is 2. The van der Waals surface area contributed by atoms with Gasteiger partial charge in [-0.3, -0.25) is 4.79 Å². The molecule has 0 atom stereocenters. The molecule has 1 fully saturated rings. The van der Waals surface area contributed by atoms with E-state index in [0.29, 0.717) is 25.9 Å². The number of benzene rings is 1. The fourth-order valence-corrected chi connectivity index (χ4v) is 4.27. The van der Waals surface area contributed by atoms with E-state index >= 15 is 0 Å². The molecular formula is C16H25ClN2O4S. The Labute approximate surface area is 149 Å². The Morgan fingerprint density at radius 1 is 1.33 bits per heavy atom. The second kappa shape index (κ2) is 8.18. The van der Waals surface area contributed by atoms with Gasteiger partial charge in [0.2, 0.25) is 5.91 Å². The number of rotatable bonds is 5. The normalized spacial score (nSPS) is 16.8. The number of aryl methyl sites for hydroxylation is 1. The minimum absolute atomic E-state index is 0. The summed E-state index contributed by atoms with van der Waals surface area (Å²) in [6.45, 7) is 3.27. The quantitative estimate of drug-likeness (QED) is 0.806. The Bertz CT molecular complexity index is 685. The number of amides is 1. The molecule has 0 bridgehead atoms. The van der Waals surface area contributed by atoms with Crippen LogP contribution in [0.2, 0.25) is 0 Å². The average molecular weight is 377 g/mol. The first kappa shape index (κ1) is 20.7. The molecule has 24 heavy (non-hydrogen) atoms. The highest BCUT2D eigenvalue weighted by atomic mass is 35.5. The molecule has 2 N–H and O–H groups in total. The third kappa shape index (κ3) is 4.20. The molecule has 136 valence electrons. The number of nitrogens with one attached hydrogen (secondary N) is 2. The Kier molecular flexibility index (Phi) is 7.07. The predicted molar refractivity (Wildman–Crippen MR) is 96.5 cm³/mol. The zero-order chi connectivity index (χ0) is 17.1. The molecular weight excluding hydrogens is 352 g/mol. The summed E-state index contributed by atoms with van der Waals surface area (Å²) in [6, 6.07) is 5.66. The van der Waals surface area contributed by atoms with Crippen LogP contribution in [-0.4, -0.2) is 45.5 Å². The van der Waals surface area contributed by atoms with Crippen molar-refractivity contribution in [3.05, 3.63) is 29.3 Å². The number of hydrogen-bond acceptors (Lipinski definition) is 5. The van der Waals surface area contributed by atoms with Crippen LogP contribution in [0.4, 0.5) is 0 Å². The smallest absolute Gasteiger partial charge is 0.241 e. The van der Waals surface area contributed by atoms with Crippen molar-refractivity contribution >= 4 is 28.2 Å². The maximum Gasteiger partial charge on any atom is 0.241 e. The van der Waals surface area contributed by atoms with Crippen molar-refractivity contribution in [1.82, 2.24) is 10.6 Å². The van der Waals surface area contributed by atoms with Crippen LogP contribution in [0.1, 0.15) is 24.0 Å². The van der Waals surface area contributed by atoms with Gasteiger partial charge in [0, 0.05) is 12.8 Å². The second-order valence-electron chi connectivity index (χ2n) is 6.00. The number of halogens is 1. The van der Waals surface area contributed by atoms with E-state index in [9.17, 15) is 13.2 Å². The van der Waals surface area contributed by atoms with Gasteiger partial charge in [0.05, 0.1) is 7.11 Å². The highest BCUT2D eigenvalue weighted by molar-refractivity contribution is 7.92. The lowest BCUT2D eigenvalue weighted by molar-refractivity contribution is -0.124. The monoisotopic (exact) mass is 376 g/mol. The number of carbonyl (C=O) groups is 1. The van der Waals surface area contributed by atoms with Crippen LogP contribution in [0.3, 0.4) is 0 Å². The van der Waals surface area contributed by atoms with Gasteiger partial charge in [-0.1, -0.05) is 12.1 Å². The molecule has 6 nitrogen and oxygen atoms in total. The predicted octanol–water partition coefficient (Wildman–Crippen LogP) is 1.21. The minimum atomic E-state index is -3.49. The van der Waals surface area contributed by atoms with Crippen LogP contribution >= 0.6 is 12.4 Å². The SMILES string of the molecule is COc1cc(CNC(=O)C2(S(C)(=O)=O)CCNCC2)ccc1C.Cl. The van der Waals surface area contributed by atoms with Crippen LogP contribution < -0.4 is 15.4 Å². The van der Waals surface area contributed by atoms with Gasteiger partial charge in [-0.15, -0.1) is 12.4 Å². The maximum absolute atomic E-state index is 12.6. The molecule has 1 aromatic carbocycles. The molecule has 8 heteroatoms. The van der Waals surface area contributed by atoms with Crippen LogP contribution in [0.15, 0.2) is 18.2 Å². The first-order chi connectivity index (χ1) is 10.8. The number of carbonyl (C=O) groups excluding carboxylic acids is 1. The van der Waals surface area contributed by atoms with E-state index in [-0.39, 0.29) is 19.0 Å². The third-order valence-corrected chi connectivity index (χ3v) is 6.47. The van der Waals surface area contributed by atoms with Crippen molar-refractivity contribution in [2.45, 2.75) is 31.1 Å². The first-order valence-electron chi connectivity index (χ1n) is 7.62. The molecule has 0 aromatic heterocycles. The summed E-state index contributed by atoms with van der Waals surface area (Å²) in [5.41, 5.74) is 1.88. The number of ether oxygens (including phenoxy) is 1. The van der Waals surface area contributed by atoms with Gasteiger partial charge in [0.15, 0.2) is 14.6 Å². The summed E-state index contributed by atoms with van der Waals surface area (Å²) in [4.78, 5) is 12.6. The van der Waals surface area contributed by atoms with Gasteiger partial charge in [0.1, 0.15) is 5.75 Å². The van der Waals surface area contributed by atoms with Gasteiger partial charge in [-0.05, 0) is 50.0 Å². The average Bonchev–Trinajstić information content (AvgIpc) is 2.53. The molecule has 0 saturated carbocycles. The van der Waals surface area contributed by atoms with Crippen LogP contribution in [0.5, 0.6) is 5.75 Å². The highest BCUT2D eigenvalue weighted by Crippen LogP contribution is 2.28. The molecule has 1 heterocycles. The lowest BCUT2D eigenvalue weighted by atomic mass is 9.95. The molecule has 1 saturated heterocycles. The summed E-state index contributed by atoms with van der Waals surface area (Å²) in [5, 5.41) is 5.89. The largest absolute Gasteiger partial charge is 0.496 e. The Balaban J connectivity index is 0.00000288. The van der Waals surface area contributed by atoms with Crippen molar-refractivity contribution in [2.75, 3.05) is 26.5 Å². The van der Waals surface area contributed by atoms with Crippen molar-refractivity contribution in [2.24, 2.45) is 0 Å². The van der Waals surface area contributed by atoms with Gasteiger partial charge in [-0.25, -0.2) is 8.42 Å². The van der Waals surface area contributed by atoms with E-state index < -0.39 is 20.5 Å². The Hall–Kier alpha value is -1.31. The Morgan fingerprint density at radius 3 is 2.50 bits per heavy atom. The first-order valence-corrected chi connectivity index (χ1v) is 9.51. The molecule has 2 rings (SSSR count). The van der Waals surface area contributed by atoms with Crippen LogP contribution in [0, 0.1) is 6.92 Å². The number of piperidine rings is 1. The lowest BCUT2D eigenvalue weighted by Crippen LogP contribution is -2.57.